The number of rotatable bonds is 59. The second-order valence-corrected chi connectivity index (χ2v) is 38.2. The number of carbonyl (C=O) groups is 10. The highest BCUT2D eigenvalue weighted by molar-refractivity contribution is 6.61. The van der Waals surface area contributed by atoms with Gasteiger partial charge in [0.2, 0.25) is 23.8 Å². The van der Waals surface area contributed by atoms with E-state index in [0.29, 0.717) is 51.1 Å². The van der Waals surface area contributed by atoms with Crippen LogP contribution >= 0.6 is 11.6 Å². The van der Waals surface area contributed by atoms with E-state index >= 15 is 0 Å². The van der Waals surface area contributed by atoms with E-state index in [2.05, 4.69) is 147 Å². The molecule has 8 rings (SSSR count). The lowest BCUT2D eigenvalue weighted by Crippen LogP contribution is -2.64. The van der Waals surface area contributed by atoms with Crippen molar-refractivity contribution in [2.45, 2.75) is 460 Å². The number of aliphatic hydroxyl groups is 5. The fraction of sp³-hybridized carbons (Fsp3) is 0.864. The Kier molecular flexibility index (Phi) is 77.3. The number of nitrogens with zero attached hydrogens (tertiary/aromatic N) is 10. The summed E-state index contributed by atoms with van der Waals surface area (Å²) >= 11 is 5.00. The highest BCUT2D eigenvalue weighted by atomic mass is 35.5. The van der Waals surface area contributed by atoms with Crippen LogP contribution in [0.1, 0.15) is 398 Å². The van der Waals surface area contributed by atoms with E-state index in [1.165, 1.54) is 188 Å². The molecule has 0 bridgehead atoms. The third-order valence-electron chi connectivity index (χ3n) is 26.1. The van der Waals surface area contributed by atoms with Crippen LogP contribution in [0.3, 0.4) is 0 Å². The Morgan fingerprint density at radius 3 is 0.979 bits per heavy atom. The first-order valence-electron chi connectivity index (χ1n) is 55.3. The molecule has 8 aliphatic rings. The first-order valence-corrected chi connectivity index (χ1v) is 55.7. The summed E-state index contributed by atoms with van der Waals surface area (Å²) in [5.41, 5.74) is -0.689. The molecule has 43 heteroatoms. The van der Waals surface area contributed by atoms with Gasteiger partial charge in [0, 0.05) is 31.6 Å². The van der Waals surface area contributed by atoms with Gasteiger partial charge in [-0.25, -0.2) is 67.7 Å². The molecule has 0 aliphatic carbocycles. The number of guanidine groups is 4. The molecular formula is C103H192ClN17O25. The van der Waals surface area contributed by atoms with Crippen LogP contribution in [-0.2, 0) is 47.4 Å². The molecule has 12 atom stereocenters. The van der Waals surface area contributed by atoms with Gasteiger partial charge >= 0.3 is 60.0 Å². The van der Waals surface area contributed by atoms with Crippen molar-refractivity contribution in [3.63, 3.8) is 0 Å². The van der Waals surface area contributed by atoms with Crippen LogP contribution in [0.15, 0.2) is 15.0 Å². The zero-order chi connectivity index (χ0) is 108. The predicted molar refractivity (Wildman–Crippen MR) is 563 cm³/mol. The number of alkyl carbamates (subject to hydrolysis) is 2. The molecule has 0 spiro atoms. The molecule has 0 aromatic rings. The Hall–Kier alpha value is -8.33. The summed E-state index contributed by atoms with van der Waals surface area (Å²) in [6.07, 6.45) is 42.3. The van der Waals surface area contributed by atoms with Crippen molar-refractivity contribution < 1.29 is 121 Å². The number of ether oxygens (including phenoxy) is 10. The van der Waals surface area contributed by atoms with E-state index in [4.69, 9.17) is 69.9 Å². The molecule has 846 valence electrons. The van der Waals surface area contributed by atoms with Gasteiger partial charge in [0.25, 0.3) is 0 Å². The number of amides is 13. The zero-order valence-electron chi connectivity index (χ0n) is 91.2. The topological polar surface area (TPSA) is 520 Å². The van der Waals surface area contributed by atoms with E-state index in [1.54, 1.807) is 4.90 Å². The number of aliphatic imine (C=N–C) groups is 3. The molecular weight excluding hydrogens is 1910 g/mol. The average molecular weight is 2100 g/mol. The van der Waals surface area contributed by atoms with E-state index in [-0.39, 0.29) is 114 Å². The SMILES string of the molecule is CCCCCCCCCOC(=O)Cl.CCCCCCCCCOC(=O)N1CN(C2CC(C)C(CC)O2)C(=O)NC1=N.CCCCCCCCCOC(=O)N=C1NC(=O)N(C2CC(O)C(CO)O2)CN1C(=O)OCCCCCCCCC.CCCCCCCCCOC(=O)NC1=NCN(C2CC(C)C(CC)O2)C(=O)N1.CCCCCCCCCOC(=O)NC1=NCN(C2CC(O)C(CO)O2)C(=O)N1.CCN(CC)CC.CO. The van der Waals surface area contributed by atoms with E-state index in [9.17, 15) is 63.3 Å². The number of nitrogens with one attached hydrogen (secondary N) is 7. The van der Waals surface area contributed by atoms with Crippen LogP contribution in [-0.4, -0.2) is 311 Å². The molecule has 0 radical (unpaired) electrons. The lowest BCUT2D eigenvalue weighted by Gasteiger charge is -2.38. The molecule has 8 heterocycles. The van der Waals surface area contributed by atoms with E-state index in [0.717, 1.165) is 145 Å². The summed E-state index contributed by atoms with van der Waals surface area (Å²) in [6, 6.07) is -1.89. The van der Waals surface area contributed by atoms with Crippen LogP contribution in [0.5, 0.6) is 0 Å². The minimum Gasteiger partial charge on any atom is -0.454 e. The number of carbonyl (C=O) groups excluding carboxylic acids is 10. The predicted octanol–water partition coefficient (Wildman–Crippen LogP) is 19.4. The third-order valence-corrected chi connectivity index (χ3v) is 26.2. The summed E-state index contributed by atoms with van der Waals surface area (Å²) in [5.74, 6) is 0.373. The monoisotopic (exact) mass is 2100 g/mol. The standard InChI is InChI=1S/C28H50N4O8.2C20H36N4O4.C18H32N4O6.C10H19ClO2.C6H15N.CH4O/c1-3-5-7-9-11-13-15-17-38-27(36)30-25-29-26(35)31(24-19-22(34)23(20-33)40-24)21-32(25)28(37)39-18-16-14-12-10-8-6-4-2;1-4-6-7-8-9-10-11-12-27-20(26)24-14-23(19(25)22-18(24)21)17-13-15(3)16(5-2)28-17;1-4-6-7-8-9-10-11-12-27-20(26)23-18-21-14-24(19(25)22-18)17-13-15(3)16(5-2)28-17;1-2-3-4-5-6-7-8-9-27-18(26)21-16-19-12-22(17(25)20-16)15-10-13(24)14(11-23)28-15;1-2-3-4-5-6-7-8-9-13-10(11)12;1-4-7(5-2)6-3;1-2/h22-24,33-34H,3-21H2,1-2H3,(H,29,30,35,36);15-17H,4-14H2,1-3H3,(H2,21,22,25);15-17H,4-14H2,1-3H3,(H2,21,22,23,25,26);13-15,23-24H,2-12H2,1H3,(H2,19,20,21,25,26);2-9H2,1H3;4-6H2,1-3H3;2H,1H3. The van der Waals surface area contributed by atoms with Crippen LogP contribution in [0.2, 0.25) is 0 Å². The molecule has 12 unspecified atom stereocenters. The summed E-state index contributed by atoms with van der Waals surface area (Å²) < 4.78 is 53.7. The summed E-state index contributed by atoms with van der Waals surface area (Å²) in [5, 5.41) is 68.1. The van der Waals surface area contributed by atoms with Crippen molar-refractivity contribution in [3.05, 3.63) is 0 Å². The Morgan fingerprint density at radius 2 is 0.671 bits per heavy atom. The van der Waals surface area contributed by atoms with Crippen molar-refractivity contribution in [1.82, 2.24) is 66.2 Å². The number of hydrogen-bond acceptors (Lipinski definition) is 29. The lowest BCUT2D eigenvalue weighted by molar-refractivity contribution is -0.0722. The molecule has 0 aromatic heterocycles. The average Bonchev–Trinajstić information content (AvgIpc) is 1.58. The molecule has 0 aromatic carbocycles. The highest BCUT2D eigenvalue weighted by Gasteiger charge is 2.46. The van der Waals surface area contributed by atoms with Crippen LogP contribution in [0.4, 0.5) is 47.9 Å². The largest absolute Gasteiger partial charge is 0.454 e. The highest BCUT2D eigenvalue weighted by Crippen LogP contribution is 2.34. The van der Waals surface area contributed by atoms with Crippen molar-refractivity contribution in [3.8, 4) is 0 Å². The Bertz CT molecular complexity index is 3540. The van der Waals surface area contributed by atoms with Gasteiger partial charge < -0.3 is 77.8 Å². The molecule has 6 fully saturated rings. The van der Waals surface area contributed by atoms with Gasteiger partial charge in [-0.1, -0.05) is 321 Å². The van der Waals surface area contributed by atoms with Crippen LogP contribution in [0.25, 0.3) is 0 Å². The van der Waals surface area contributed by atoms with Gasteiger partial charge in [-0.3, -0.25) is 56.9 Å². The zero-order valence-corrected chi connectivity index (χ0v) is 92.0. The smallest absolute Gasteiger partial charge is 0.436 e. The Morgan fingerprint density at radius 1 is 0.390 bits per heavy atom. The second-order valence-electron chi connectivity index (χ2n) is 37.8. The first kappa shape index (κ1) is 134. The number of halogens is 1. The van der Waals surface area contributed by atoms with Gasteiger partial charge in [-0.2, -0.15) is 0 Å². The number of aliphatic hydroxyl groups excluding tert-OH is 5. The molecule has 12 N–H and O–H groups in total. The van der Waals surface area contributed by atoms with Crippen molar-refractivity contribution in [2.24, 2.45) is 26.8 Å². The van der Waals surface area contributed by atoms with Crippen molar-refractivity contribution in [2.75, 3.05) is 106 Å². The maximum absolute atomic E-state index is 13.0. The van der Waals surface area contributed by atoms with Crippen LogP contribution in [0, 0.1) is 17.2 Å². The third kappa shape index (κ3) is 57.1. The number of unbranched alkanes of at least 4 members (excludes halogenated alkanes) is 36. The van der Waals surface area contributed by atoms with Gasteiger partial charge in [0.1, 0.15) is 63.8 Å². The van der Waals surface area contributed by atoms with Gasteiger partial charge in [0.05, 0.1) is 77.3 Å². The molecule has 8 aliphatic heterocycles. The summed E-state index contributed by atoms with van der Waals surface area (Å²) in [7, 11) is 1.00. The maximum Gasteiger partial charge on any atom is 0.436 e. The molecule has 0 saturated carbocycles. The minimum atomic E-state index is -0.961. The number of urea groups is 4. The van der Waals surface area contributed by atoms with Gasteiger partial charge in [0.15, 0.2) is 0 Å². The maximum atomic E-state index is 13.0. The number of hydrogen-bond donors (Lipinski definition) is 12. The van der Waals surface area contributed by atoms with Gasteiger partial charge in [-0.05, 0) is 95.7 Å². The lowest BCUT2D eigenvalue weighted by atomic mass is 10.0. The quantitative estimate of drug-likeness (QED) is 0.0153. The molecule has 146 heavy (non-hydrogen) atoms. The summed E-state index contributed by atoms with van der Waals surface area (Å²) in [4.78, 5) is 143. The van der Waals surface area contributed by atoms with E-state index < -0.39 is 97.5 Å². The fourth-order valence-electron chi connectivity index (χ4n) is 17.1. The first-order chi connectivity index (χ1) is 70.6. The molecule has 42 nitrogen and oxygen atoms in total. The van der Waals surface area contributed by atoms with Crippen molar-refractivity contribution >= 4 is 95.5 Å². The van der Waals surface area contributed by atoms with Gasteiger partial charge in [-0.15, -0.1) is 4.99 Å². The van der Waals surface area contributed by atoms with E-state index in [1.807, 2.05) is 0 Å². The fourth-order valence-corrected chi connectivity index (χ4v) is 17.2. The normalized spacial score (nSPS) is 21.8. The molecule has 6 saturated heterocycles. The van der Waals surface area contributed by atoms with Crippen molar-refractivity contribution in [1.29, 1.82) is 5.41 Å². The summed E-state index contributed by atoms with van der Waals surface area (Å²) in [6.45, 7) is 32.6. The van der Waals surface area contributed by atoms with Crippen LogP contribution < -0.4 is 31.9 Å². The Labute approximate surface area is 876 Å². The second kappa shape index (κ2) is 84.4. The Balaban J connectivity index is 0.000000620. The minimum absolute atomic E-state index is 0.0167. The molecule has 13 amide bonds.